The van der Waals surface area contributed by atoms with Crippen molar-refractivity contribution in [3.63, 3.8) is 0 Å². The Balaban J connectivity index is 1.50. The van der Waals surface area contributed by atoms with Gasteiger partial charge in [0.05, 0.1) is 24.3 Å². The van der Waals surface area contributed by atoms with E-state index in [9.17, 15) is 14.3 Å². The summed E-state index contributed by atoms with van der Waals surface area (Å²) < 4.78 is 20.4. The minimum Gasteiger partial charge on any atom is -0.506 e. The van der Waals surface area contributed by atoms with E-state index in [2.05, 4.69) is 10.3 Å². The van der Waals surface area contributed by atoms with E-state index in [0.717, 1.165) is 12.0 Å². The summed E-state index contributed by atoms with van der Waals surface area (Å²) in [7, 11) is 0. The van der Waals surface area contributed by atoms with Gasteiger partial charge in [-0.1, -0.05) is 19.1 Å². The lowest BCUT2D eigenvalue weighted by Crippen LogP contribution is -2.48. The smallest absolute Gasteiger partial charge is 0.210 e. The zero-order valence-electron chi connectivity index (χ0n) is 21.4. The fourth-order valence-electron chi connectivity index (χ4n) is 4.30. The van der Waals surface area contributed by atoms with Crippen molar-refractivity contribution in [2.24, 2.45) is 4.99 Å². The van der Waals surface area contributed by atoms with Crippen molar-refractivity contribution in [3.8, 4) is 17.6 Å². The second kappa shape index (κ2) is 11.4. The molecule has 0 aromatic heterocycles. The average molecular weight is 495 g/mol. The second-order valence-corrected chi connectivity index (χ2v) is 10.1. The number of carbonyl (C=O) groups is 1. The second-order valence-electron chi connectivity index (χ2n) is 10.1. The maximum atomic E-state index is 14.5. The normalized spacial score (nSPS) is 19.4. The van der Waals surface area contributed by atoms with Gasteiger partial charge in [0.2, 0.25) is 6.41 Å². The number of carbonyl (C=O) groups excluding carboxylic acids is 1. The van der Waals surface area contributed by atoms with Crippen LogP contribution in [-0.2, 0) is 10.2 Å². The van der Waals surface area contributed by atoms with E-state index in [1.807, 2.05) is 51.1 Å². The predicted molar refractivity (Wildman–Crippen MR) is 140 cm³/mol. The van der Waals surface area contributed by atoms with Gasteiger partial charge in [0.25, 0.3) is 0 Å². The lowest BCUT2D eigenvalue weighted by atomic mass is 9.74. The third-order valence-electron chi connectivity index (χ3n) is 7.09. The molecule has 1 amide bonds. The number of anilines is 1. The molecular formula is C28H35FN4O3. The lowest BCUT2D eigenvalue weighted by Gasteiger charge is -2.36. The Morgan fingerprint density at radius 1 is 1.33 bits per heavy atom. The molecular weight excluding hydrogens is 459 g/mol. The molecule has 36 heavy (non-hydrogen) atoms. The van der Waals surface area contributed by atoms with Crippen LogP contribution < -0.4 is 10.1 Å². The van der Waals surface area contributed by atoms with Gasteiger partial charge in [0.1, 0.15) is 23.7 Å². The molecule has 0 radical (unpaired) electrons. The minimum absolute atomic E-state index is 0.0380. The molecule has 0 saturated carbocycles. The summed E-state index contributed by atoms with van der Waals surface area (Å²) in [6.07, 6.45) is 2.84. The van der Waals surface area contributed by atoms with Crippen LogP contribution in [0.1, 0.15) is 50.3 Å². The highest BCUT2D eigenvalue weighted by Crippen LogP contribution is 2.36. The molecule has 1 heterocycles. The molecule has 1 aliphatic rings. The molecule has 0 bridgehead atoms. The summed E-state index contributed by atoms with van der Waals surface area (Å²) in [6, 6.07) is 12.8. The molecule has 0 fully saturated rings. The highest BCUT2D eigenvalue weighted by Gasteiger charge is 2.37. The number of nitriles is 1. The number of phenols is 1. The van der Waals surface area contributed by atoms with E-state index in [4.69, 9.17) is 10.00 Å². The number of rotatable bonds is 11. The molecule has 0 saturated heterocycles. The molecule has 3 rings (SSSR count). The minimum atomic E-state index is -1.01. The van der Waals surface area contributed by atoms with Crippen molar-refractivity contribution in [1.29, 1.82) is 5.26 Å². The van der Waals surface area contributed by atoms with Crippen molar-refractivity contribution >= 4 is 18.3 Å². The summed E-state index contributed by atoms with van der Waals surface area (Å²) in [5, 5.41) is 22.5. The average Bonchev–Trinajstić information content (AvgIpc) is 2.87. The Morgan fingerprint density at radius 2 is 2.06 bits per heavy atom. The van der Waals surface area contributed by atoms with Crippen molar-refractivity contribution in [2.45, 2.75) is 57.7 Å². The first-order valence-corrected chi connectivity index (χ1v) is 12.2. The molecule has 192 valence electrons. The number of halogens is 1. The Labute approximate surface area is 212 Å². The Hall–Kier alpha value is -3.60. The highest BCUT2D eigenvalue weighted by atomic mass is 19.1. The molecule has 8 heteroatoms. The number of amides is 1. The zero-order valence-corrected chi connectivity index (χ0v) is 21.4. The van der Waals surface area contributed by atoms with Crippen LogP contribution in [0.15, 0.2) is 41.4 Å². The summed E-state index contributed by atoms with van der Waals surface area (Å²) in [6.45, 7) is 9.19. The van der Waals surface area contributed by atoms with Gasteiger partial charge >= 0.3 is 0 Å². The topological polar surface area (TPSA) is 98.0 Å². The van der Waals surface area contributed by atoms with Crippen LogP contribution in [0.2, 0.25) is 0 Å². The summed E-state index contributed by atoms with van der Waals surface area (Å²) >= 11 is 0. The number of nitrogens with one attached hydrogen (secondary N) is 1. The van der Waals surface area contributed by atoms with Crippen molar-refractivity contribution in [2.75, 3.05) is 31.6 Å². The molecule has 2 unspecified atom stereocenters. The third kappa shape index (κ3) is 5.96. The van der Waals surface area contributed by atoms with Gasteiger partial charge < -0.3 is 20.1 Å². The van der Waals surface area contributed by atoms with Gasteiger partial charge in [-0.15, -0.1) is 0 Å². The van der Waals surface area contributed by atoms with Crippen LogP contribution in [0, 0.1) is 18.3 Å². The molecule has 2 aromatic rings. The van der Waals surface area contributed by atoms with E-state index in [-0.39, 0.29) is 17.9 Å². The van der Waals surface area contributed by atoms with Crippen LogP contribution in [0.4, 0.5) is 10.1 Å². The van der Waals surface area contributed by atoms with E-state index in [1.54, 1.807) is 30.2 Å². The summed E-state index contributed by atoms with van der Waals surface area (Å²) in [5.74, 6) is 0.667. The number of benzene rings is 2. The van der Waals surface area contributed by atoms with Crippen LogP contribution in [0.3, 0.4) is 0 Å². The molecule has 0 aliphatic carbocycles. The van der Waals surface area contributed by atoms with E-state index < -0.39 is 17.1 Å². The van der Waals surface area contributed by atoms with Crippen molar-refractivity contribution < 1.29 is 19.0 Å². The number of aromatic hydroxyl groups is 1. The molecule has 2 N–H and O–H groups in total. The Bertz CT molecular complexity index is 1130. The zero-order chi connectivity index (χ0) is 26.3. The first kappa shape index (κ1) is 27.0. The van der Waals surface area contributed by atoms with Gasteiger partial charge in [-0.3, -0.25) is 9.79 Å². The van der Waals surface area contributed by atoms with E-state index >= 15 is 0 Å². The number of hydrogen-bond donors (Lipinski definition) is 2. The monoisotopic (exact) mass is 494 g/mol. The largest absolute Gasteiger partial charge is 0.506 e. The molecule has 2 aromatic carbocycles. The van der Waals surface area contributed by atoms with Gasteiger partial charge in [0, 0.05) is 29.8 Å². The molecule has 2 atom stereocenters. The van der Waals surface area contributed by atoms with Gasteiger partial charge in [-0.25, -0.2) is 4.39 Å². The van der Waals surface area contributed by atoms with E-state index in [0.29, 0.717) is 49.5 Å². The Morgan fingerprint density at radius 3 is 2.69 bits per heavy atom. The summed E-state index contributed by atoms with van der Waals surface area (Å²) in [5.41, 5.74) is 1.40. The number of nitrogens with zero attached hydrogens (tertiary/aromatic N) is 3. The van der Waals surface area contributed by atoms with Crippen LogP contribution >= 0.6 is 0 Å². The van der Waals surface area contributed by atoms with Crippen molar-refractivity contribution in [1.82, 2.24) is 4.90 Å². The Kier molecular flexibility index (Phi) is 8.57. The first-order chi connectivity index (χ1) is 17.1. The molecule has 1 aliphatic heterocycles. The van der Waals surface area contributed by atoms with Crippen LogP contribution in [-0.4, -0.2) is 60.6 Å². The fraction of sp³-hybridized carbons (Fsp3) is 0.464. The maximum Gasteiger partial charge on any atom is 0.210 e. The highest BCUT2D eigenvalue weighted by molar-refractivity contribution is 5.63. The SMILES string of the molecule is Cc1c(NCC(C)(C)N(C=O)CCCOc2ccc(C3(C)CC=NCC3F)cc2)ccc(C#N)c1O. The maximum absolute atomic E-state index is 14.5. The van der Waals surface area contributed by atoms with Crippen LogP contribution in [0.5, 0.6) is 11.5 Å². The number of phenolic OH excluding ortho intramolecular Hbond substituents is 1. The van der Waals surface area contributed by atoms with Gasteiger partial charge in [-0.05, 0) is 69.7 Å². The van der Waals surface area contributed by atoms with Crippen LogP contribution in [0.25, 0.3) is 0 Å². The third-order valence-corrected chi connectivity index (χ3v) is 7.09. The fourth-order valence-corrected chi connectivity index (χ4v) is 4.30. The van der Waals surface area contributed by atoms with E-state index in [1.165, 1.54) is 0 Å². The number of ether oxygens (including phenoxy) is 1. The number of alkyl halides is 1. The van der Waals surface area contributed by atoms with Gasteiger partial charge in [0.15, 0.2) is 0 Å². The summed E-state index contributed by atoms with van der Waals surface area (Å²) in [4.78, 5) is 17.6. The predicted octanol–water partition coefficient (Wildman–Crippen LogP) is 4.76. The molecule has 7 nitrogen and oxygen atoms in total. The standard InChI is InChI=1S/C28H35FN4O3/c1-20-24(11-6-21(16-30)26(20)35)32-18-27(2,3)33(19-34)14-5-15-36-23-9-7-22(8-10-23)28(4)12-13-31-17-25(28)29/h6-11,13,19,25,32,35H,5,12,14-15,17-18H2,1-4H3. The van der Waals surface area contributed by atoms with Crippen molar-refractivity contribution in [3.05, 3.63) is 53.1 Å². The molecule has 0 spiro atoms. The quantitative estimate of drug-likeness (QED) is 0.347. The van der Waals surface area contributed by atoms with Gasteiger partial charge in [-0.2, -0.15) is 5.26 Å². The lowest BCUT2D eigenvalue weighted by molar-refractivity contribution is -0.122. The number of aliphatic imine (C=N–C) groups is 1. The first-order valence-electron chi connectivity index (χ1n) is 12.2. The number of hydrogen-bond acceptors (Lipinski definition) is 6.